The molecule has 86 valence electrons. The zero-order valence-corrected chi connectivity index (χ0v) is 8.54. The number of hydrogen-bond donors (Lipinski definition) is 1. The van der Waals surface area contributed by atoms with Crippen LogP contribution in [-0.2, 0) is 6.18 Å². The van der Waals surface area contributed by atoms with Gasteiger partial charge in [-0.25, -0.2) is 0 Å². The quantitative estimate of drug-likeness (QED) is 0.847. The van der Waals surface area contributed by atoms with Crippen molar-refractivity contribution in [1.82, 2.24) is 0 Å². The second-order valence-corrected chi connectivity index (χ2v) is 3.50. The molecule has 0 aliphatic carbocycles. The molecule has 0 saturated carbocycles. The zero-order valence-electron chi connectivity index (χ0n) is 8.54. The molecule has 0 fully saturated rings. The lowest BCUT2D eigenvalue weighted by molar-refractivity contribution is -0.137. The number of aliphatic hydroxyl groups is 1. The maximum atomic E-state index is 12.4. The molecule has 1 unspecified atom stereocenters. The Bertz CT molecular complexity index is 420. The number of benzene rings is 1. The maximum absolute atomic E-state index is 12.4. The minimum Gasteiger partial charge on any atom is -0.396 e. The fraction of sp³-hybridized carbons (Fsp3) is 0.364. The highest BCUT2D eigenvalue weighted by Crippen LogP contribution is 2.32. The molecule has 0 aliphatic heterocycles. The summed E-state index contributed by atoms with van der Waals surface area (Å²) in [5, 5.41) is 17.7. The third-order valence-corrected chi connectivity index (χ3v) is 2.30. The van der Waals surface area contributed by atoms with E-state index >= 15 is 0 Å². The van der Waals surface area contributed by atoms with Crippen molar-refractivity contribution < 1.29 is 18.3 Å². The lowest BCUT2D eigenvalue weighted by atomic mass is 9.94. The number of nitrogens with zero attached hydrogens (tertiary/aromatic N) is 1. The van der Waals surface area contributed by atoms with E-state index in [9.17, 15) is 13.2 Å². The number of hydrogen-bond acceptors (Lipinski definition) is 2. The Labute approximate surface area is 90.9 Å². The maximum Gasteiger partial charge on any atom is 0.416 e. The SMILES string of the molecule is CC(CO)c1cc(C(F)(F)F)ccc1C#N. The summed E-state index contributed by atoms with van der Waals surface area (Å²) in [6.07, 6.45) is -4.43. The zero-order chi connectivity index (χ0) is 12.3. The van der Waals surface area contributed by atoms with Crippen molar-refractivity contribution in [3.05, 3.63) is 34.9 Å². The molecule has 2 nitrogen and oxygen atoms in total. The summed E-state index contributed by atoms with van der Waals surface area (Å²) in [5.41, 5.74) is -0.420. The average Bonchev–Trinajstić information content (AvgIpc) is 2.25. The van der Waals surface area contributed by atoms with Crippen molar-refractivity contribution in [2.75, 3.05) is 6.61 Å². The average molecular weight is 229 g/mol. The van der Waals surface area contributed by atoms with Crippen molar-refractivity contribution in [1.29, 1.82) is 5.26 Å². The van der Waals surface area contributed by atoms with Gasteiger partial charge in [-0.15, -0.1) is 0 Å². The summed E-state index contributed by atoms with van der Waals surface area (Å²) in [7, 11) is 0. The summed E-state index contributed by atoms with van der Waals surface area (Å²) in [6.45, 7) is 1.27. The number of rotatable bonds is 2. The van der Waals surface area contributed by atoms with Gasteiger partial charge in [0.1, 0.15) is 0 Å². The lowest BCUT2D eigenvalue weighted by Gasteiger charge is -2.13. The van der Waals surface area contributed by atoms with Crippen molar-refractivity contribution in [2.45, 2.75) is 19.0 Å². The van der Waals surface area contributed by atoms with Gasteiger partial charge in [-0.05, 0) is 23.8 Å². The van der Waals surface area contributed by atoms with Gasteiger partial charge >= 0.3 is 6.18 Å². The van der Waals surface area contributed by atoms with Gasteiger partial charge in [0.05, 0.1) is 17.2 Å². The highest BCUT2D eigenvalue weighted by atomic mass is 19.4. The topological polar surface area (TPSA) is 44.0 Å². The van der Waals surface area contributed by atoms with Crippen LogP contribution in [0.5, 0.6) is 0 Å². The van der Waals surface area contributed by atoms with Gasteiger partial charge in [-0.3, -0.25) is 0 Å². The van der Waals surface area contributed by atoms with Crippen LogP contribution < -0.4 is 0 Å². The molecule has 0 aliphatic rings. The predicted molar refractivity (Wildman–Crippen MR) is 51.7 cm³/mol. The first-order chi connectivity index (χ1) is 7.40. The van der Waals surface area contributed by atoms with Crippen LogP contribution in [0.15, 0.2) is 18.2 Å². The Morgan fingerprint density at radius 3 is 2.50 bits per heavy atom. The van der Waals surface area contributed by atoms with Crippen LogP contribution in [-0.4, -0.2) is 11.7 Å². The first-order valence-corrected chi connectivity index (χ1v) is 4.62. The largest absolute Gasteiger partial charge is 0.416 e. The predicted octanol–water partition coefficient (Wildman–Crippen LogP) is 2.67. The third kappa shape index (κ3) is 2.52. The lowest BCUT2D eigenvalue weighted by Crippen LogP contribution is -2.09. The number of aliphatic hydroxyl groups excluding tert-OH is 1. The molecular formula is C11H10F3NO. The van der Waals surface area contributed by atoms with Crippen molar-refractivity contribution >= 4 is 0 Å². The van der Waals surface area contributed by atoms with Crippen LogP contribution in [0, 0.1) is 11.3 Å². The van der Waals surface area contributed by atoms with E-state index in [2.05, 4.69) is 0 Å². The van der Waals surface area contributed by atoms with Crippen LogP contribution in [0.25, 0.3) is 0 Å². The second-order valence-electron chi connectivity index (χ2n) is 3.50. The van der Waals surface area contributed by atoms with Gasteiger partial charge in [-0.2, -0.15) is 18.4 Å². The van der Waals surface area contributed by atoms with E-state index in [1.807, 2.05) is 6.07 Å². The van der Waals surface area contributed by atoms with E-state index < -0.39 is 17.7 Å². The van der Waals surface area contributed by atoms with Gasteiger partial charge in [0.2, 0.25) is 0 Å². The van der Waals surface area contributed by atoms with E-state index in [1.54, 1.807) is 6.92 Å². The fourth-order valence-electron chi connectivity index (χ4n) is 1.35. The molecular weight excluding hydrogens is 219 g/mol. The van der Waals surface area contributed by atoms with E-state index in [-0.39, 0.29) is 17.7 Å². The van der Waals surface area contributed by atoms with Gasteiger partial charge < -0.3 is 5.11 Å². The first kappa shape index (κ1) is 12.5. The molecule has 1 rings (SSSR count). The molecule has 0 radical (unpaired) electrons. The van der Waals surface area contributed by atoms with Crippen LogP contribution in [0.3, 0.4) is 0 Å². The highest BCUT2D eigenvalue weighted by Gasteiger charge is 2.31. The van der Waals surface area contributed by atoms with E-state index in [0.29, 0.717) is 0 Å². The molecule has 0 spiro atoms. The molecule has 0 aromatic heterocycles. The number of halogens is 3. The number of alkyl halides is 3. The molecule has 1 N–H and O–H groups in total. The molecule has 1 aromatic carbocycles. The summed E-state index contributed by atoms with van der Waals surface area (Å²) in [6, 6.07) is 4.72. The Morgan fingerprint density at radius 2 is 2.06 bits per heavy atom. The highest BCUT2D eigenvalue weighted by molar-refractivity contribution is 5.43. The van der Waals surface area contributed by atoms with Crippen LogP contribution in [0.1, 0.15) is 29.5 Å². The van der Waals surface area contributed by atoms with Crippen molar-refractivity contribution in [3.8, 4) is 6.07 Å². The third-order valence-electron chi connectivity index (χ3n) is 2.30. The minimum absolute atomic E-state index is 0.162. The van der Waals surface area contributed by atoms with E-state index in [1.165, 1.54) is 0 Å². The van der Waals surface area contributed by atoms with Gasteiger partial charge in [0.25, 0.3) is 0 Å². The van der Waals surface area contributed by atoms with Gasteiger partial charge in [0.15, 0.2) is 0 Å². The smallest absolute Gasteiger partial charge is 0.396 e. The molecule has 0 saturated heterocycles. The van der Waals surface area contributed by atoms with Crippen LogP contribution >= 0.6 is 0 Å². The van der Waals surface area contributed by atoms with E-state index in [0.717, 1.165) is 18.2 Å². The molecule has 5 heteroatoms. The monoisotopic (exact) mass is 229 g/mol. The molecule has 0 amide bonds. The fourth-order valence-corrected chi connectivity index (χ4v) is 1.35. The summed E-state index contributed by atoms with van der Waals surface area (Å²) in [5.74, 6) is -0.489. The summed E-state index contributed by atoms with van der Waals surface area (Å²) in [4.78, 5) is 0. The second kappa shape index (κ2) is 4.54. The molecule has 0 heterocycles. The molecule has 1 aromatic rings. The van der Waals surface area contributed by atoms with Gasteiger partial charge in [0, 0.05) is 12.5 Å². The van der Waals surface area contributed by atoms with Crippen LogP contribution in [0.2, 0.25) is 0 Å². The van der Waals surface area contributed by atoms with Gasteiger partial charge in [-0.1, -0.05) is 6.92 Å². The molecule has 0 bridgehead atoms. The first-order valence-electron chi connectivity index (χ1n) is 4.62. The number of nitriles is 1. The molecule has 1 atom stereocenters. The minimum atomic E-state index is -4.43. The van der Waals surface area contributed by atoms with Crippen molar-refractivity contribution in [2.24, 2.45) is 0 Å². The Kier molecular flexibility index (Phi) is 3.55. The Balaban J connectivity index is 3.28. The van der Waals surface area contributed by atoms with Crippen molar-refractivity contribution in [3.63, 3.8) is 0 Å². The molecule has 16 heavy (non-hydrogen) atoms. The Morgan fingerprint density at radius 1 is 1.44 bits per heavy atom. The Hall–Kier alpha value is -1.54. The summed E-state index contributed by atoms with van der Waals surface area (Å²) >= 11 is 0. The van der Waals surface area contributed by atoms with Crippen LogP contribution in [0.4, 0.5) is 13.2 Å². The summed E-state index contributed by atoms with van der Waals surface area (Å²) < 4.78 is 37.3. The van der Waals surface area contributed by atoms with E-state index in [4.69, 9.17) is 10.4 Å². The standard InChI is InChI=1S/C11H10F3NO/c1-7(6-16)10-4-9(11(12,13)14)3-2-8(10)5-15/h2-4,7,16H,6H2,1H3. The normalized spacial score (nSPS) is 13.2.